The average Bonchev–Trinajstić information content (AvgIpc) is 2.37. The van der Waals surface area contributed by atoms with Crippen molar-refractivity contribution in [2.24, 2.45) is 0 Å². The number of nitrogens with zero attached hydrogens (tertiary/aromatic N) is 1. The summed E-state index contributed by atoms with van der Waals surface area (Å²) in [5, 5.41) is 2.40. The number of hydrogen-bond donors (Lipinski definition) is 1. The van der Waals surface area contributed by atoms with Crippen molar-refractivity contribution in [1.82, 2.24) is 10.3 Å². The number of ether oxygens (including phenoxy) is 1. The molecule has 1 N–H and O–H groups in total. The molecular formula is C12H13F3N2O3. The van der Waals surface area contributed by atoms with Gasteiger partial charge in [-0.15, -0.1) is 0 Å². The molecule has 0 spiro atoms. The van der Waals surface area contributed by atoms with Crippen molar-refractivity contribution >= 4 is 11.9 Å². The smallest absolute Gasteiger partial charge is 0.433 e. The van der Waals surface area contributed by atoms with E-state index in [1.165, 1.54) is 14.0 Å². The molecule has 1 aromatic rings. The minimum absolute atomic E-state index is 0.0185. The lowest BCUT2D eigenvalue weighted by molar-refractivity contribution is -0.141. The fourth-order valence-electron chi connectivity index (χ4n) is 1.43. The molecule has 1 heterocycles. The Morgan fingerprint density at radius 1 is 1.35 bits per heavy atom. The Bertz CT molecular complexity index is 515. The van der Waals surface area contributed by atoms with E-state index in [0.717, 1.165) is 12.1 Å². The second-order valence-corrected chi connectivity index (χ2v) is 3.91. The molecule has 0 unspecified atom stereocenters. The maximum atomic E-state index is 12.4. The third-order valence-electron chi connectivity index (χ3n) is 2.46. The first-order chi connectivity index (χ1) is 9.25. The Hall–Kier alpha value is -2.12. The summed E-state index contributed by atoms with van der Waals surface area (Å²) in [6.07, 6.45) is -4.57. The number of amides is 1. The number of aryl methyl sites for hydroxylation is 1. The molecular weight excluding hydrogens is 277 g/mol. The molecule has 5 nitrogen and oxygen atoms in total. The van der Waals surface area contributed by atoms with Crippen LogP contribution in [0.5, 0.6) is 0 Å². The molecule has 110 valence electrons. The lowest BCUT2D eigenvalue weighted by Crippen LogP contribution is -2.27. The van der Waals surface area contributed by atoms with E-state index < -0.39 is 23.7 Å². The van der Waals surface area contributed by atoms with E-state index in [0.29, 0.717) is 0 Å². The maximum Gasteiger partial charge on any atom is 0.433 e. The number of pyridine rings is 1. The molecule has 0 atom stereocenters. The van der Waals surface area contributed by atoms with Gasteiger partial charge in [0.1, 0.15) is 5.69 Å². The number of hydrogen-bond acceptors (Lipinski definition) is 4. The maximum absolute atomic E-state index is 12.4. The summed E-state index contributed by atoms with van der Waals surface area (Å²) < 4.78 is 41.6. The Labute approximate surface area is 113 Å². The summed E-state index contributed by atoms with van der Waals surface area (Å²) >= 11 is 0. The molecule has 0 aliphatic rings. The van der Waals surface area contributed by atoms with Gasteiger partial charge in [-0.05, 0) is 19.1 Å². The normalized spacial score (nSPS) is 11.1. The molecule has 0 aromatic carbocycles. The number of carbonyl (C=O) groups is 2. The molecule has 8 heteroatoms. The van der Waals surface area contributed by atoms with Gasteiger partial charge in [-0.3, -0.25) is 9.59 Å². The van der Waals surface area contributed by atoms with Gasteiger partial charge in [-0.1, -0.05) is 0 Å². The van der Waals surface area contributed by atoms with Crippen LogP contribution in [0.15, 0.2) is 12.1 Å². The number of alkyl halides is 3. The van der Waals surface area contributed by atoms with Gasteiger partial charge >= 0.3 is 12.1 Å². The summed E-state index contributed by atoms with van der Waals surface area (Å²) in [7, 11) is 1.22. The first-order valence-electron chi connectivity index (χ1n) is 5.65. The van der Waals surface area contributed by atoms with Gasteiger partial charge < -0.3 is 10.1 Å². The first-order valence-corrected chi connectivity index (χ1v) is 5.65. The van der Waals surface area contributed by atoms with Crippen molar-refractivity contribution in [1.29, 1.82) is 0 Å². The number of rotatable bonds is 4. The standard InChI is InChI=1S/C12H13F3N2O3/c1-7-8(3-4-9(17-7)12(13,14)15)11(19)16-6-5-10(18)20-2/h3-4H,5-6H2,1-2H3,(H,16,19). The van der Waals surface area contributed by atoms with Crippen molar-refractivity contribution in [3.8, 4) is 0 Å². The first kappa shape index (κ1) is 15.9. The quantitative estimate of drug-likeness (QED) is 0.857. The lowest BCUT2D eigenvalue weighted by atomic mass is 10.1. The molecule has 0 aliphatic heterocycles. The zero-order valence-corrected chi connectivity index (χ0v) is 10.9. The van der Waals surface area contributed by atoms with Crippen LogP contribution in [0.25, 0.3) is 0 Å². The highest BCUT2D eigenvalue weighted by atomic mass is 19.4. The minimum Gasteiger partial charge on any atom is -0.469 e. The van der Waals surface area contributed by atoms with Crippen molar-refractivity contribution in [2.45, 2.75) is 19.5 Å². The summed E-state index contributed by atoms with van der Waals surface area (Å²) in [6, 6.07) is 1.79. The van der Waals surface area contributed by atoms with E-state index in [1.54, 1.807) is 0 Å². The van der Waals surface area contributed by atoms with Gasteiger partial charge in [-0.25, -0.2) is 4.98 Å². The zero-order chi connectivity index (χ0) is 15.3. The third kappa shape index (κ3) is 4.22. The number of aromatic nitrogens is 1. The predicted molar refractivity (Wildman–Crippen MR) is 62.9 cm³/mol. The zero-order valence-electron chi connectivity index (χ0n) is 10.9. The van der Waals surface area contributed by atoms with E-state index >= 15 is 0 Å². The van der Waals surface area contributed by atoms with Gasteiger partial charge in [0.25, 0.3) is 5.91 Å². The summed E-state index contributed by atoms with van der Waals surface area (Å²) in [5.74, 6) is -1.08. The number of carbonyl (C=O) groups excluding carboxylic acids is 2. The Balaban J connectivity index is 2.72. The van der Waals surface area contributed by atoms with Crippen molar-refractivity contribution in [3.05, 3.63) is 29.1 Å². The van der Waals surface area contributed by atoms with Crippen molar-refractivity contribution in [3.63, 3.8) is 0 Å². The lowest BCUT2D eigenvalue weighted by Gasteiger charge is -2.10. The number of methoxy groups -OCH3 is 1. The summed E-state index contributed by atoms with van der Waals surface area (Å²) in [4.78, 5) is 25.9. The minimum atomic E-state index is -4.55. The second kappa shape index (κ2) is 6.36. The van der Waals surface area contributed by atoms with Crippen LogP contribution in [0.4, 0.5) is 13.2 Å². The van der Waals surface area contributed by atoms with Gasteiger partial charge in [0.15, 0.2) is 0 Å². The van der Waals surface area contributed by atoms with Crippen LogP contribution in [0.3, 0.4) is 0 Å². The molecule has 0 radical (unpaired) electrons. The van der Waals surface area contributed by atoms with Gasteiger partial charge in [0.05, 0.1) is 24.8 Å². The van der Waals surface area contributed by atoms with E-state index in [1.807, 2.05) is 0 Å². The van der Waals surface area contributed by atoms with Crippen LogP contribution >= 0.6 is 0 Å². The second-order valence-electron chi connectivity index (χ2n) is 3.91. The van der Waals surface area contributed by atoms with Gasteiger partial charge in [-0.2, -0.15) is 13.2 Å². The van der Waals surface area contributed by atoms with Crippen LogP contribution in [-0.2, 0) is 15.7 Å². The number of nitrogens with one attached hydrogen (secondary N) is 1. The van der Waals surface area contributed by atoms with E-state index in [4.69, 9.17) is 0 Å². The Morgan fingerprint density at radius 3 is 2.50 bits per heavy atom. The topological polar surface area (TPSA) is 68.3 Å². The number of halogens is 3. The monoisotopic (exact) mass is 290 g/mol. The largest absolute Gasteiger partial charge is 0.469 e. The molecule has 0 saturated heterocycles. The average molecular weight is 290 g/mol. The van der Waals surface area contributed by atoms with Crippen LogP contribution in [-0.4, -0.2) is 30.5 Å². The van der Waals surface area contributed by atoms with Crippen molar-refractivity contribution < 1.29 is 27.5 Å². The van der Waals surface area contributed by atoms with Crippen LogP contribution < -0.4 is 5.32 Å². The van der Waals surface area contributed by atoms with Gasteiger partial charge in [0.2, 0.25) is 0 Å². The summed E-state index contributed by atoms with van der Waals surface area (Å²) in [5.41, 5.74) is -1.06. The summed E-state index contributed by atoms with van der Waals surface area (Å²) in [6.45, 7) is 1.34. The third-order valence-corrected chi connectivity index (χ3v) is 2.46. The van der Waals surface area contributed by atoms with E-state index in [-0.39, 0.29) is 24.2 Å². The van der Waals surface area contributed by atoms with Gasteiger partial charge in [0, 0.05) is 6.54 Å². The fraction of sp³-hybridized carbons (Fsp3) is 0.417. The van der Waals surface area contributed by atoms with Crippen LogP contribution in [0, 0.1) is 6.92 Å². The fourth-order valence-corrected chi connectivity index (χ4v) is 1.43. The van der Waals surface area contributed by atoms with E-state index in [9.17, 15) is 22.8 Å². The predicted octanol–water partition coefficient (Wildman–Crippen LogP) is 1.70. The molecule has 1 rings (SSSR count). The van der Waals surface area contributed by atoms with Crippen LogP contribution in [0.2, 0.25) is 0 Å². The molecule has 1 amide bonds. The molecule has 20 heavy (non-hydrogen) atoms. The molecule has 0 saturated carbocycles. The highest BCUT2D eigenvalue weighted by molar-refractivity contribution is 5.95. The Kier molecular flexibility index (Phi) is 5.06. The highest BCUT2D eigenvalue weighted by Gasteiger charge is 2.33. The number of esters is 1. The van der Waals surface area contributed by atoms with Crippen LogP contribution in [0.1, 0.15) is 28.2 Å². The molecule has 0 aliphatic carbocycles. The molecule has 0 bridgehead atoms. The molecule has 1 aromatic heterocycles. The van der Waals surface area contributed by atoms with E-state index in [2.05, 4.69) is 15.0 Å². The molecule has 0 fully saturated rings. The Morgan fingerprint density at radius 2 is 2.00 bits per heavy atom. The van der Waals surface area contributed by atoms with Crippen molar-refractivity contribution in [2.75, 3.05) is 13.7 Å². The SMILES string of the molecule is COC(=O)CCNC(=O)c1ccc(C(F)(F)F)nc1C. The highest BCUT2D eigenvalue weighted by Crippen LogP contribution is 2.28.